The summed E-state index contributed by atoms with van der Waals surface area (Å²) in [6.45, 7) is 1.80. The van der Waals surface area contributed by atoms with Crippen LogP contribution in [0.4, 0.5) is 0 Å². The Morgan fingerprint density at radius 2 is 2.22 bits per heavy atom. The zero-order valence-corrected chi connectivity index (χ0v) is 14.2. The van der Waals surface area contributed by atoms with E-state index in [1.54, 1.807) is 25.1 Å². The molecular formula is C18H15BrN2O2. The third-order valence-electron chi connectivity index (χ3n) is 4.28. The van der Waals surface area contributed by atoms with Crippen molar-refractivity contribution in [1.82, 2.24) is 10.3 Å². The Balaban J connectivity index is 1.59. The normalized spacial score (nSPS) is 16.5. The van der Waals surface area contributed by atoms with Crippen molar-refractivity contribution in [3.05, 3.63) is 63.5 Å². The zero-order valence-electron chi connectivity index (χ0n) is 12.6. The summed E-state index contributed by atoms with van der Waals surface area (Å²) in [5, 5.41) is 3.13. The fraction of sp³-hybridized carbons (Fsp3) is 0.222. The second-order valence-electron chi connectivity index (χ2n) is 5.79. The van der Waals surface area contributed by atoms with Crippen molar-refractivity contribution >= 4 is 32.9 Å². The van der Waals surface area contributed by atoms with Gasteiger partial charge in [0, 0.05) is 17.0 Å². The van der Waals surface area contributed by atoms with E-state index in [-0.39, 0.29) is 11.9 Å². The topological polar surface area (TPSA) is 55.1 Å². The molecule has 1 amide bonds. The minimum Gasteiger partial charge on any atom is -0.441 e. The van der Waals surface area contributed by atoms with E-state index in [0.717, 1.165) is 17.3 Å². The Bertz CT molecular complexity index is 917. The zero-order chi connectivity index (χ0) is 16.0. The van der Waals surface area contributed by atoms with Gasteiger partial charge in [-0.05, 0) is 48.2 Å². The molecule has 0 spiro atoms. The van der Waals surface area contributed by atoms with Crippen LogP contribution in [0.15, 0.2) is 45.3 Å². The maximum Gasteiger partial charge on any atom is 0.251 e. The molecule has 0 saturated carbocycles. The first-order valence-corrected chi connectivity index (χ1v) is 8.36. The van der Waals surface area contributed by atoms with E-state index in [2.05, 4.69) is 32.3 Å². The molecule has 1 N–H and O–H groups in total. The molecule has 0 aliphatic heterocycles. The van der Waals surface area contributed by atoms with E-state index in [1.165, 1.54) is 11.1 Å². The van der Waals surface area contributed by atoms with Gasteiger partial charge in [0.05, 0.1) is 6.04 Å². The van der Waals surface area contributed by atoms with Crippen LogP contribution in [0.3, 0.4) is 0 Å². The summed E-state index contributed by atoms with van der Waals surface area (Å²) in [7, 11) is 0. The Morgan fingerprint density at radius 3 is 3.09 bits per heavy atom. The summed E-state index contributed by atoms with van der Waals surface area (Å²) in [6, 6.07) is 11.6. The lowest BCUT2D eigenvalue weighted by Gasteiger charge is -2.14. The number of nitrogens with zero attached hydrogens (tertiary/aromatic N) is 1. The van der Waals surface area contributed by atoms with Crippen molar-refractivity contribution in [2.24, 2.45) is 0 Å². The fourth-order valence-corrected chi connectivity index (χ4v) is 3.76. The van der Waals surface area contributed by atoms with E-state index in [4.69, 9.17) is 4.42 Å². The lowest BCUT2D eigenvalue weighted by atomic mass is 10.1. The van der Waals surface area contributed by atoms with E-state index in [0.29, 0.717) is 22.6 Å². The van der Waals surface area contributed by atoms with Crippen LogP contribution in [0.5, 0.6) is 0 Å². The summed E-state index contributed by atoms with van der Waals surface area (Å²) < 4.78 is 6.56. The third kappa shape index (κ3) is 2.55. The highest BCUT2D eigenvalue weighted by atomic mass is 79.9. The molecule has 0 fully saturated rings. The van der Waals surface area contributed by atoms with Gasteiger partial charge in [-0.25, -0.2) is 4.98 Å². The van der Waals surface area contributed by atoms with Crippen molar-refractivity contribution in [2.45, 2.75) is 25.8 Å². The van der Waals surface area contributed by atoms with Gasteiger partial charge in [0.2, 0.25) is 0 Å². The minimum atomic E-state index is -0.0784. The molecule has 2 aromatic carbocycles. The van der Waals surface area contributed by atoms with Gasteiger partial charge in [-0.2, -0.15) is 0 Å². The number of benzene rings is 2. The Hall–Kier alpha value is -2.14. The molecule has 1 aromatic heterocycles. The maximum absolute atomic E-state index is 12.6. The standard InChI is InChI=1S/C18H15BrN2O2/c1-10-20-16-9-11(5-8-17(16)23-10)18(22)21-15-7-6-12-13(15)3-2-4-14(12)19/h2-5,8-9,15H,6-7H2,1H3,(H,21,22). The first-order chi connectivity index (χ1) is 11.1. The predicted molar refractivity (Wildman–Crippen MR) is 91.4 cm³/mol. The number of rotatable bonds is 2. The highest BCUT2D eigenvalue weighted by Gasteiger charge is 2.25. The molecule has 4 rings (SSSR count). The number of nitrogens with one attached hydrogen (secondary N) is 1. The molecule has 1 atom stereocenters. The molecule has 116 valence electrons. The fourth-order valence-electron chi connectivity index (χ4n) is 3.19. The number of carbonyl (C=O) groups excluding carboxylic acids is 1. The lowest BCUT2D eigenvalue weighted by molar-refractivity contribution is 0.0937. The van der Waals surface area contributed by atoms with Crippen LogP contribution >= 0.6 is 15.9 Å². The summed E-state index contributed by atoms with van der Waals surface area (Å²) in [4.78, 5) is 16.8. The van der Waals surface area contributed by atoms with Crippen molar-refractivity contribution in [3.63, 3.8) is 0 Å². The second-order valence-corrected chi connectivity index (χ2v) is 6.64. The molecule has 0 saturated heterocycles. The molecule has 1 unspecified atom stereocenters. The predicted octanol–water partition coefficient (Wildman–Crippen LogP) is 4.32. The molecule has 1 aliphatic rings. The monoisotopic (exact) mass is 370 g/mol. The van der Waals surface area contributed by atoms with Crippen LogP contribution in [0.2, 0.25) is 0 Å². The quantitative estimate of drug-likeness (QED) is 0.730. The van der Waals surface area contributed by atoms with Crippen LogP contribution in [0.25, 0.3) is 11.1 Å². The number of oxazole rings is 1. The van der Waals surface area contributed by atoms with E-state index < -0.39 is 0 Å². The van der Waals surface area contributed by atoms with Crippen molar-refractivity contribution in [1.29, 1.82) is 0 Å². The minimum absolute atomic E-state index is 0.0599. The third-order valence-corrected chi connectivity index (χ3v) is 5.02. The summed E-state index contributed by atoms with van der Waals surface area (Å²) in [5.41, 5.74) is 4.51. The Labute approximate surface area is 142 Å². The largest absolute Gasteiger partial charge is 0.441 e. The molecule has 1 heterocycles. The van der Waals surface area contributed by atoms with Gasteiger partial charge in [-0.15, -0.1) is 0 Å². The number of fused-ring (bicyclic) bond motifs is 2. The van der Waals surface area contributed by atoms with Gasteiger partial charge in [0.15, 0.2) is 11.5 Å². The van der Waals surface area contributed by atoms with Gasteiger partial charge in [-0.1, -0.05) is 28.1 Å². The van der Waals surface area contributed by atoms with E-state index in [1.807, 2.05) is 12.1 Å². The Morgan fingerprint density at radius 1 is 1.35 bits per heavy atom. The molecule has 0 bridgehead atoms. The second kappa shape index (κ2) is 5.49. The van der Waals surface area contributed by atoms with E-state index in [9.17, 15) is 4.79 Å². The average Bonchev–Trinajstić information content (AvgIpc) is 3.10. The van der Waals surface area contributed by atoms with Crippen molar-refractivity contribution in [3.8, 4) is 0 Å². The van der Waals surface area contributed by atoms with Crippen molar-refractivity contribution in [2.75, 3.05) is 0 Å². The van der Waals surface area contributed by atoms with Gasteiger partial charge in [0.25, 0.3) is 5.91 Å². The molecular weight excluding hydrogens is 356 g/mol. The number of carbonyl (C=O) groups is 1. The molecule has 1 aliphatic carbocycles. The first kappa shape index (κ1) is 14.5. The van der Waals surface area contributed by atoms with Crippen LogP contribution in [-0.4, -0.2) is 10.9 Å². The van der Waals surface area contributed by atoms with Crippen LogP contribution in [0, 0.1) is 6.92 Å². The van der Waals surface area contributed by atoms with Crippen LogP contribution < -0.4 is 5.32 Å². The van der Waals surface area contributed by atoms with Gasteiger partial charge >= 0.3 is 0 Å². The van der Waals surface area contributed by atoms with Gasteiger partial charge in [0.1, 0.15) is 5.52 Å². The van der Waals surface area contributed by atoms with Crippen LogP contribution in [-0.2, 0) is 6.42 Å². The number of hydrogen-bond donors (Lipinski definition) is 1. The Kier molecular flexibility index (Phi) is 3.45. The molecule has 4 nitrogen and oxygen atoms in total. The highest BCUT2D eigenvalue weighted by Crippen LogP contribution is 2.35. The van der Waals surface area contributed by atoms with Gasteiger partial charge < -0.3 is 9.73 Å². The maximum atomic E-state index is 12.6. The number of halogens is 1. The molecule has 23 heavy (non-hydrogen) atoms. The summed E-state index contributed by atoms with van der Waals surface area (Å²) >= 11 is 3.58. The molecule has 3 aromatic rings. The highest BCUT2D eigenvalue weighted by molar-refractivity contribution is 9.10. The lowest BCUT2D eigenvalue weighted by Crippen LogP contribution is -2.27. The summed E-state index contributed by atoms with van der Waals surface area (Å²) in [6.07, 6.45) is 1.90. The number of hydrogen-bond acceptors (Lipinski definition) is 3. The molecule has 5 heteroatoms. The number of aryl methyl sites for hydroxylation is 1. The SMILES string of the molecule is Cc1nc2cc(C(=O)NC3CCc4c(Br)cccc43)ccc2o1. The first-order valence-electron chi connectivity index (χ1n) is 7.57. The van der Waals surface area contributed by atoms with E-state index >= 15 is 0 Å². The number of aromatic nitrogens is 1. The molecule has 0 radical (unpaired) electrons. The summed E-state index contributed by atoms with van der Waals surface area (Å²) in [5.74, 6) is 0.525. The van der Waals surface area contributed by atoms with Crippen molar-refractivity contribution < 1.29 is 9.21 Å². The van der Waals surface area contributed by atoms with Gasteiger partial charge in [-0.3, -0.25) is 4.79 Å². The number of amides is 1. The average molecular weight is 371 g/mol. The smallest absolute Gasteiger partial charge is 0.251 e. The van der Waals surface area contributed by atoms with Crippen LogP contribution in [0.1, 0.15) is 39.8 Å².